The lowest BCUT2D eigenvalue weighted by molar-refractivity contribution is -0.156. The van der Waals surface area contributed by atoms with Crippen LogP contribution in [0.2, 0.25) is 0 Å². The Morgan fingerprint density at radius 2 is 2.06 bits per heavy atom. The van der Waals surface area contributed by atoms with Gasteiger partial charge in [0.05, 0.1) is 14.2 Å². The first kappa shape index (κ1) is 14.0. The predicted octanol–water partition coefficient (Wildman–Crippen LogP) is 1.25. The molecule has 1 rings (SSSR count). The van der Waals surface area contributed by atoms with Crippen LogP contribution in [0.3, 0.4) is 0 Å². The summed E-state index contributed by atoms with van der Waals surface area (Å²) in [6, 6.07) is 4.01. The zero-order valence-corrected chi connectivity index (χ0v) is 9.97. The molecule has 0 aliphatic rings. The molecule has 0 radical (unpaired) electrons. The molecule has 6 heteroatoms. The molecule has 0 aliphatic heterocycles. The molecular formula is C12H13FO5. The van der Waals surface area contributed by atoms with Crippen molar-refractivity contribution in [2.75, 3.05) is 14.2 Å². The molecule has 0 heterocycles. The third-order valence-corrected chi connectivity index (χ3v) is 2.44. The van der Waals surface area contributed by atoms with Crippen LogP contribution in [0.4, 0.5) is 4.39 Å². The van der Waals surface area contributed by atoms with Gasteiger partial charge in [0.1, 0.15) is 0 Å². The number of carboxylic acid groups (broad SMARTS) is 1. The summed E-state index contributed by atoms with van der Waals surface area (Å²) in [5.74, 6) is -4.06. The summed E-state index contributed by atoms with van der Waals surface area (Å²) in [5, 5.41) is 8.89. The Morgan fingerprint density at radius 1 is 1.39 bits per heavy atom. The van der Waals surface area contributed by atoms with Gasteiger partial charge in [-0.2, -0.15) is 0 Å². The highest BCUT2D eigenvalue weighted by Crippen LogP contribution is 2.20. The Bertz CT molecular complexity index is 458. The number of esters is 1. The van der Waals surface area contributed by atoms with Crippen LogP contribution >= 0.6 is 0 Å². The number of halogens is 1. The van der Waals surface area contributed by atoms with Crippen molar-refractivity contribution in [2.24, 2.45) is 5.92 Å². The van der Waals surface area contributed by atoms with Crippen LogP contribution in [0.15, 0.2) is 18.2 Å². The van der Waals surface area contributed by atoms with Crippen molar-refractivity contribution in [3.8, 4) is 5.75 Å². The van der Waals surface area contributed by atoms with Gasteiger partial charge >= 0.3 is 11.9 Å². The highest BCUT2D eigenvalue weighted by molar-refractivity contribution is 5.94. The lowest BCUT2D eigenvalue weighted by atomic mass is 9.99. The number of carbonyl (C=O) groups excluding carboxylic acids is 1. The van der Waals surface area contributed by atoms with E-state index in [0.29, 0.717) is 5.56 Å². The third kappa shape index (κ3) is 3.19. The molecule has 0 aromatic heterocycles. The number of hydrogen-bond acceptors (Lipinski definition) is 4. The van der Waals surface area contributed by atoms with Gasteiger partial charge in [0.25, 0.3) is 0 Å². The fourth-order valence-electron chi connectivity index (χ4n) is 1.49. The second-order valence-electron chi connectivity index (χ2n) is 3.59. The summed E-state index contributed by atoms with van der Waals surface area (Å²) < 4.78 is 22.5. The molecule has 0 saturated heterocycles. The van der Waals surface area contributed by atoms with Crippen molar-refractivity contribution in [1.82, 2.24) is 0 Å². The van der Waals surface area contributed by atoms with Gasteiger partial charge in [0, 0.05) is 0 Å². The summed E-state index contributed by atoms with van der Waals surface area (Å²) in [6.45, 7) is 0. The van der Waals surface area contributed by atoms with Gasteiger partial charge in [0.2, 0.25) is 0 Å². The second kappa shape index (κ2) is 6.00. The summed E-state index contributed by atoms with van der Waals surface area (Å²) in [7, 11) is 2.43. The van der Waals surface area contributed by atoms with Crippen LogP contribution in [0, 0.1) is 11.7 Å². The zero-order valence-electron chi connectivity index (χ0n) is 9.97. The fourth-order valence-corrected chi connectivity index (χ4v) is 1.49. The summed E-state index contributed by atoms with van der Waals surface area (Å²) in [4.78, 5) is 22.1. The average Bonchev–Trinajstić information content (AvgIpc) is 2.35. The smallest absolute Gasteiger partial charge is 0.320 e. The van der Waals surface area contributed by atoms with Gasteiger partial charge in [-0.15, -0.1) is 0 Å². The Balaban J connectivity index is 2.91. The Labute approximate surface area is 103 Å². The van der Waals surface area contributed by atoms with E-state index in [-0.39, 0.29) is 12.2 Å². The normalized spacial score (nSPS) is 11.7. The lowest BCUT2D eigenvalue weighted by Crippen LogP contribution is -2.27. The molecule has 0 aliphatic carbocycles. The quantitative estimate of drug-likeness (QED) is 0.634. The van der Waals surface area contributed by atoms with E-state index in [1.807, 2.05) is 0 Å². The van der Waals surface area contributed by atoms with E-state index >= 15 is 0 Å². The van der Waals surface area contributed by atoms with E-state index in [1.165, 1.54) is 19.2 Å². The highest BCUT2D eigenvalue weighted by Gasteiger charge is 2.27. The maximum absolute atomic E-state index is 13.4. The number of ether oxygens (including phenoxy) is 2. The van der Waals surface area contributed by atoms with Crippen LogP contribution in [-0.2, 0) is 20.7 Å². The molecule has 1 atom stereocenters. The number of benzene rings is 1. The van der Waals surface area contributed by atoms with Gasteiger partial charge in [0.15, 0.2) is 17.5 Å². The van der Waals surface area contributed by atoms with E-state index in [9.17, 15) is 14.0 Å². The topological polar surface area (TPSA) is 72.8 Å². The van der Waals surface area contributed by atoms with Crippen LogP contribution in [-0.4, -0.2) is 31.3 Å². The second-order valence-corrected chi connectivity index (χ2v) is 3.59. The van der Waals surface area contributed by atoms with Gasteiger partial charge in [-0.05, 0) is 24.1 Å². The number of methoxy groups -OCH3 is 2. The fraction of sp³-hybridized carbons (Fsp3) is 0.333. The minimum atomic E-state index is -1.34. The van der Waals surface area contributed by atoms with Crippen LogP contribution < -0.4 is 4.74 Å². The van der Waals surface area contributed by atoms with E-state index in [1.54, 1.807) is 0 Å². The van der Waals surface area contributed by atoms with Crippen LogP contribution in [0.25, 0.3) is 0 Å². The third-order valence-electron chi connectivity index (χ3n) is 2.44. The molecule has 0 fully saturated rings. The van der Waals surface area contributed by atoms with Crippen LogP contribution in [0.5, 0.6) is 5.75 Å². The van der Waals surface area contributed by atoms with Gasteiger partial charge in [-0.25, -0.2) is 4.39 Å². The SMILES string of the molecule is COC(=O)C(Cc1ccc(OC)c(F)c1)C(=O)O. The molecule has 0 spiro atoms. The van der Waals surface area contributed by atoms with Crippen molar-refractivity contribution in [3.63, 3.8) is 0 Å². The average molecular weight is 256 g/mol. The van der Waals surface area contributed by atoms with E-state index in [0.717, 1.165) is 13.2 Å². The molecule has 1 aromatic rings. The number of carbonyl (C=O) groups is 2. The van der Waals surface area contributed by atoms with Crippen molar-refractivity contribution >= 4 is 11.9 Å². The van der Waals surface area contributed by atoms with E-state index in [4.69, 9.17) is 9.84 Å². The molecule has 1 N–H and O–H groups in total. The van der Waals surface area contributed by atoms with Gasteiger partial charge in [-0.1, -0.05) is 6.07 Å². The first-order valence-electron chi connectivity index (χ1n) is 5.12. The van der Waals surface area contributed by atoms with E-state index < -0.39 is 23.7 Å². The van der Waals surface area contributed by atoms with Crippen molar-refractivity contribution < 1.29 is 28.6 Å². The van der Waals surface area contributed by atoms with Crippen molar-refractivity contribution in [3.05, 3.63) is 29.6 Å². The van der Waals surface area contributed by atoms with Crippen molar-refractivity contribution in [1.29, 1.82) is 0 Å². The molecule has 0 amide bonds. The molecule has 1 aromatic carbocycles. The minimum absolute atomic E-state index is 0.0590. The molecule has 0 saturated carbocycles. The number of hydrogen-bond donors (Lipinski definition) is 1. The number of aliphatic carboxylic acids is 1. The Morgan fingerprint density at radius 3 is 2.50 bits per heavy atom. The minimum Gasteiger partial charge on any atom is -0.494 e. The molecule has 18 heavy (non-hydrogen) atoms. The summed E-state index contributed by atoms with van der Waals surface area (Å²) in [5.41, 5.74) is 0.381. The Kier molecular flexibility index (Phi) is 4.65. The molecule has 5 nitrogen and oxygen atoms in total. The largest absolute Gasteiger partial charge is 0.494 e. The monoisotopic (exact) mass is 256 g/mol. The first-order valence-corrected chi connectivity index (χ1v) is 5.12. The van der Waals surface area contributed by atoms with Crippen LogP contribution in [0.1, 0.15) is 5.56 Å². The van der Waals surface area contributed by atoms with E-state index in [2.05, 4.69) is 4.74 Å². The maximum Gasteiger partial charge on any atom is 0.320 e. The molecule has 1 unspecified atom stereocenters. The molecular weight excluding hydrogens is 243 g/mol. The Hall–Kier alpha value is -2.11. The predicted molar refractivity (Wildman–Crippen MR) is 59.8 cm³/mol. The number of rotatable bonds is 5. The maximum atomic E-state index is 13.4. The van der Waals surface area contributed by atoms with Gasteiger partial charge < -0.3 is 14.6 Å². The molecule has 98 valence electrons. The first-order chi connectivity index (χ1) is 8.49. The highest BCUT2D eigenvalue weighted by atomic mass is 19.1. The summed E-state index contributed by atoms with van der Waals surface area (Å²) in [6.07, 6.45) is -0.136. The van der Waals surface area contributed by atoms with Crippen molar-refractivity contribution in [2.45, 2.75) is 6.42 Å². The molecule has 0 bridgehead atoms. The summed E-state index contributed by atoms with van der Waals surface area (Å²) >= 11 is 0. The lowest BCUT2D eigenvalue weighted by Gasteiger charge is -2.10. The standard InChI is InChI=1S/C12H13FO5/c1-17-10-4-3-7(6-9(10)13)5-8(11(14)15)12(16)18-2/h3-4,6,8H,5H2,1-2H3,(H,14,15). The zero-order chi connectivity index (χ0) is 13.7. The number of carboxylic acids is 1. The van der Waals surface area contributed by atoms with Gasteiger partial charge in [-0.3, -0.25) is 9.59 Å².